The quantitative estimate of drug-likeness (QED) is 0.873. The molecule has 1 aliphatic heterocycles. The number of aromatic nitrogens is 1. The molecule has 0 unspecified atom stereocenters. The zero-order chi connectivity index (χ0) is 17.5. The third-order valence-electron chi connectivity index (χ3n) is 4.41. The number of halogens is 1. The van der Waals surface area contributed by atoms with Crippen LogP contribution < -0.4 is 10.2 Å². The van der Waals surface area contributed by atoms with Gasteiger partial charge < -0.3 is 10.2 Å². The van der Waals surface area contributed by atoms with Gasteiger partial charge in [0.2, 0.25) is 5.91 Å². The fourth-order valence-electron chi connectivity index (χ4n) is 2.96. The topological polar surface area (TPSA) is 48.5 Å². The first-order chi connectivity index (χ1) is 12.2. The lowest BCUT2D eigenvalue weighted by atomic mass is 10.2. The molecule has 1 aromatic heterocycles. The lowest BCUT2D eigenvalue weighted by Crippen LogP contribution is -2.47. The van der Waals surface area contributed by atoms with Gasteiger partial charge in [-0.1, -0.05) is 18.2 Å². The number of para-hydroxylation sites is 1. The van der Waals surface area contributed by atoms with Crippen molar-refractivity contribution >= 4 is 11.6 Å². The van der Waals surface area contributed by atoms with Crippen LogP contribution in [0.2, 0.25) is 0 Å². The molecule has 0 atom stereocenters. The van der Waals surface area contributed by atoms with E-state index in [4.69, 9.17) is 0 Å². The Morgan fingerprint density at radius 3 is 2.56 bits per heavy atom. The highest BCUT2D eigenvalue weighted by molar-refractivity contribution is 5.76. The van der Waals surface area contributed by atoms with Gasteiger partial charge in [0.15, 0.2) is 0 Å². The molecule has 0 bridgehead atoms. The van der Waals surface area contributed by atoms with E-state index in [0.29, 0.717) is 18.7 Å². The first-order valence-corrected chi connectivity index (χ1v) is 8.61. The van der Waals surface area contributed by atoms with Crippen molar-refractivity contribution in [3.63, 3.8) is 0 Å². The molecule has 1 saturated heterocycles. The van der Waals surface area contributed by atoms with Crippen molar-refractivity contribution in [3.05, 3.63) is 60.2 Å². The first kappa shape index (κ1) is 17.4. The number of piperazine rings is 1. The molecule has 6 heteroatoms. The highest BCUT2D eigenvalue weighted by Crippen LogP contribution is 2.20. The van der Waals surface area contributed by atoms with Crippen molar-refractivity contribution in [3.8, 4) is 0 Å². The molecular weight excluding hydrogens is 319 g/mol. The number of nitrogens with one attached hydrogen (secondary N) is 1. The SMILES string of the molecule is O=C(CCN1CCN(c2ccccc2F)CC1)NCc1ccccn1. The number of anilines is 1. The number of hydrogen-bond donors (Lipinski definition) is 1. The zero-order valence-electron chi connectivity index (χ0n) is 14.2. The van der Waals surface area contributed by atoms with Crippen LogP contribution in [0.1, 0.15) is 12.1 Å². The molecule has 0 aliphatic carbocycles. The van der Waals surface area contributed by atoms with Crippen LogP contribution in [0.5, 0.6) is 0 Å². The molecule has 1 aliphatic rings. The fraction of sp³-hybridized carbons (Fsp3) is 0.368. The molecule has 1 amide bonds. The second-order valence-corrected chi connectivity index (χ2v) is 6.13. The Kier molecular flexibility index (Phi) is 5.95. The van der Waals surface area contributed by atoms with Gasteiger partial charge in [0.05, 0.1) is 17.9 Å². The summed E-state index contributed by atoms with van der Waals surface area (Å²) in [7, 11) is 0. The van der Waals surface area contributed by atoms with E-state index in [2.05, 4.69) is 20.1 Å². The number of nitrogens with zero attached hydrogens (tertiary/aromatic N) is 3. The average Bonchev–Trinajstić information content (AvgIpc) is 2.66. The monoisotopic (exact) mass is 342 g/mol. The maximum atomic E-state index is 13.8. The summed E-state index contributed by atoms with van der Waals surface area (Å²) in [5, 5.41) is 2.89. The maximum absolute atomic E-state index is 13.8. The van der Waals surface area contributed by atoms with Crippen molar-refractivity contribution < 1.29 is 9.18 Å². The number of rotatable bonds is 6. The van der Waals surface area contributed by atoms with Crippen LogP contribution >= 0.6 is 0 Å². The summed E-state index contributed by atoms with van der Waals surface area (Å²) in [6.07, 6.45) is 2.18. The number of carbonyl (C=O) groups excluding carboxylic acids is 1. The van der Waals surface area contributed by atoms with Gasteiger partial charge in [-0.05, 0) is 24.3 Å². The summed E-state index contributed by atoms with van der Waals surface area (Å²) >= 11 is 0. The van der Waals surface area contributed by atoms with Gasteiger partial charge in [-0.25, -0.2) is 4.39 Å². The zero-order valence-corrected chi connectivity index (χ0v) is 14.2. The smallest absolute Gasteiger partial charge is 0.221 e. The van der Waals surface area contributed by atoms with Crippen LogP contribution in [-0.4, -0.2) is 48.5 Å². The third-order valence-corrected chi connectivity index (χ3v) is 4.41. The average molecular weight is 342 g/mol. The molecule has 1 aromatic carbocycles. The van der Waals surface area contributed by atoms with Crippen LogP contribution in [0.4, 0.5) is 10.1 Å². The van der Waals surface area contributed by atoms with Crippen LogP contribution in [0.3, 0.4) is 0 Å². The summed E-state index contributed by atoms with van der Waals surface area (Å²) in [6.45, 7) is 4.40. The molecular formula is C19H23FN4O. The lowest BCUT2D eigenvalue weighted by molar-refractivity contribution is -0.121. The van der Waals surface area contributed by atoms with Crippen LogP contribution in [-0.2, 0) is 11.3 Å². The van der Waals surface area contributed by atoms with Gasteiger partial charge in [0.25, 0.3) is 0 Å². The van der Waals surface area contributed by atoms with Crippen LogP contribution in [0.25, 0.3) is 0 Å². The predicted octanol–water partition coefficient (Wildman–Crippen LogP) is 2.05. The Labute approximate surface area is 147 Å². The maximum Gasteiger partial charge on any atom is 0.221 e. The molecule has 0 saturated carbocycles. The van der Waals surface area contributed by atoms with E-state index < -0.39 is 0 Å². The third kappa shape index (κ3) is 5.00. The minimum absolute atomic E-state index is 0.0298. The Morgan fingerprint density at radius 1 is 1.08 bits per heavy atom. The van der Waals surface area contributed by atoms with Gasteiger partial charge in [-0.3, -0.25) is 14.7 Å². The number of pyridine rings is 1. The minimum Gasteiger partial charge on any atom is -0.367 e. The van der Waals surface area contributed by atoms with E-state index in [1.807, 2.05) is 30.3 Å². The van der Waals surface area contributed by atoms with Crippen molar-refractivity contribution in [2.24, 2.45) is 0 Å². The Balaban J connectivity index is 1.38. The molecule has 1 N–H and O–H groups in total. The Bertz CT molecular complexity index is 687. The number of amides is 1. The normalized spacial score (nSPS) is 15.2. The first-order valence-electron chi connectivity index (χ1n) is 8.61. The van der Waals surface area contributed by atoms with E-state index in [-0.39, 0.29) is 11.7 Å². The summed E-state index contributed by atoms with van der Waals surface area (Å²) in [6, 6.07) is 12.5. The Morgan fingerprint density at radius 2 is 1.84 bits per heavy atom. The summed E-state index contributed by atoms with van der Waals surface area (Å²) in [4.78, 5) is 20.5. The molecule has 132 valence electrons. The minimum atomic E-state index is -0.176. The van der Waals surface area contributed by atoms with E-state index in [1.165, 1.54) is 6.07 Å². The van der Waals surface area contributed by atoms with Crippen molar-refractivity contribution in [2.75, 3.05) is 37.6 Å². The van der Waals surface area contributed by atoms with E-state index in [9.17, 15) is 9.18 Å². The van der Waals surface area contributed by atoms with Gasteiger partial charge in [0, 0.05) is 45.3 Å². The highest BCUT2D eigenvalue weighted by atomic mass is 19.1. The molecule has 25 heavy (non-hydrogen) atoms. The number of benzene rings is 1. The van der Waals surface area contributed by atoms with Crippen LogP contribution in [0, 0.1) is 5.82 Å². The van der Waals surface area contributed by atoms with Gasteiger partial charge in [-0.2, -0.15) is 0 Å². The molecule has 0 radical (unpaired) electrons. The fourth-order valence-corrected chi connectivity index (χ4v) is 2.96. The predicted molar refractivity (Wildman–Crippen MR) is 95.8 cm³/mol. The van der Waals surface area contributed by atoms with E-state index in [0.717, 1.165) is 38.4 Å². The van der Waals surface area contributed by atoms with E-state index in [1.54, 1.807) is 12.3 Å². The number of carbonyl (C=O) groups is 1. The molecule has 5 nitrogen and oxygen atoms in total. The molecule has 1 fully saturated rings. The standard InChI is InChI=1S/C19H23FN4O/c20-17-6-1-2-7-18(17)24-13-11-23(12-14-24)10-8-19(25)22-15-16-5-3-4-9-21-16/h1-7,9H,8,10-15H2,(H,22,25). The summed E-state index contributed by atoms with van der Waals surface area (Å²) in [5.41, 5.74) is 1.52. The van der Waals surface area contributed by atoms with Gasteiger partial charge in [0.1, 0.15) is 5.82 Å². The van der Waals surface area contributed by atoms with Crippen LogP contribution in [0.15, 0.2) is 48.7 Å². The number of hydrogen-bond acceptors (Lipinski definition) is 4. The molecule has 2 heterocycles. The van der Waals surface area contributed by atoms with Gasteiger partial charge in [-0.15, -0.1) is 0 Å². The second kappa shape index (κ2) is 8.58. The highest BCUT2D eigenvalue weighted by Gasteiger charge is 2.19. The molecule has 3 rings (SSSR count). The largest absolute Gasteiger partial charge is 0.367 e. The van der Waals surface area contributed by atoms with Crippen molar-refractivity contribution in [2.45, 2.75) is 13.0 Å². The second-order valence-electron chi connectivity index (χ2n) is 6.13. The van der Waals surface area contributed by atoms with E-state index >= 15 is 0 Å². The summed E-state index contributed by atoms with van der Waals surface area (Å²) < 4.78 is 13.8. The van der Waals surface area contributed by atoms with Gasteiger partial charge >= 0.3 is 0 Å². The molecule has 2 aromatic rings. The van der Waals surface area contributed by atoms with Crippen molar-refractivity contribution in [1.29, 1.82) is 0 Å². The van der Waals surface area contributed by atoms with Crippen molar-refractivity contribution in [1.82, 2.24) is 15.2 Å². The lowest BCUT2D eigenvalue weighted by Gasteiger charge is -2.36. The molecule has 0 spiro atoms. The Hall–Kier alpha value is -2.47. The summed E-state index contributed by atoms with van der Waals surface area (Å²) in [5.74, 6) is -0.146.